The van der Waals surface area contributed by atoms with Crippen molar-refractivity contribution in [3.8, 4) is 0 Å². The third kappa shape index (κ3) is 2.65. The Hall–Kier alpha value is -2.78. The minimum Gasteiger partial charge on any atom is -0.368 e. The highest BCUT2D eigenvalue weighted by atomic mass is 32.2. The third-order valence-electron chi connectivity index (χ3n) is 4.63. The quantitative estimate of drug-likeness (QED) is 0.747. The van der Waals surface area contributed by atoms with Crippen LogP contribution in [0, 0.1) is 0 Å². The van der Waals surface area contributed by atoms with Gasteiger partial charge in [0.15, 0.2) is 0 Å². The highest BCUT2D eigenvalue weighted by Crippen LogP contribution is 2.29. The third-order valence-corrected chi connectivity index (χ3v) is 6.53. The molecule has 1 atom stereocenters. The minimum absolute atomic E-state index is 0.0510. The van der Waals surface area contributed by atoms with Crippen molar-refractivity contribution in [2.45, 2.75) is 23.8 Å². The van der Waals surface area contributed by atoms with E-state index in [9.17, 15) is 13.2 Å². The van der Waals surface area contributed by atoms with Crippen molar-refractivity contribution in [1.82, 2.24) is 19.1 Å². The fourth-order valence-corrected chi connectivity index (χ4v) is 5.00. The average Bonchev–Trinajstić information content (AvgIpc) is 3.30. The molecule has 134 valence electrons. The van der Waals surface area contributed by atoms with E-state index in [-0.39, 0.29) is 17.4 Å². The summed E-state index contributed by atoms with van der Waals surface area (Å²) in [5.41, 5.74) is 5.64. The van der Waals surface area contributed by atoms with Crippen molar-refractivity contribution < 1.29 is 13.2 Å². The molecule has 9 heteroatoms. The van der Waals surface area contributed by atoms with Crippen LogP contribution in [0.4, 0.5) is 5.95 Å². The first kappa shape index (κ1) is 16.7. The Morgan fingerprint density at radius 2 is 1.92 bits per heavy atom. The number of fused-ring (bicyclic) bond motifs is 1. The summed E-state index contributed by atoms with van der Waals surface area (Å²) < 4.78 is 28.6. The summed E-state index contributed by atoms with van der Waals surface area (Å²) in [5.74, 6) is -0.487. The topological polar surface area (TPSA) is 111 Å². The Bertz CT molecular complexity index is 1090. The lowest BCUT2D eigenvalue weighted by molar-refractivity contribution is 0.0835. The molecule has 1 fully saturated rings. The van der Waals surface area contributed by atoms with E-state index in [2.05, 4.69) is 10.2 Å². The zero-order chi connectivity index (χ0) is 18.3. The zero-order valence-electron chi connectivity index (χ0n) is 13.8. The molecule has 0 radical (unpaired) electrons. The highest BCUT2D eigenvalue weighted by Gasteiger charge is 2.40. The number of rotatable bonds is 3. The maximum atomic E-state index is 13.1. The van der Waals surface area contributed by atoms with E-state index >= 15 is 0 Å². The van der Waals surface area contributed by atoms with Crippen LogP contribution in [0.15, 0.2) is 53.7 Å². The SMILES string of the molecule is Nc1nncn1C(=O)[C@H]1CCCN1S(=O)(=O)c1ccc2ccccc2c1. The molecule has 1 saturated heterocycles. The number of nitrogen functional groups attached to an aromatic ring is 1. The van der Waals surface area contributed by atoms with Crippen molar-refractivity contribution in [3.05, 3.63) is 48.8 Å². The van der Waals surface area contributed by atoms with Crippen LogP contribution < -0.4 is 5.73 Å². The molecule has 3 aromatic rings. The van der Waals surface area contributed by atoms with Crippen LogP contribution in [0.3, 0.4) is 0 Å². The van der Waals surface area contributed by atoms with Crippen LogP contribution in [-0.2, 0) is 10.0 Å². The highest BCUT2D eigenvalue weighted by molar-refractivity contribution is 7.89. The van der Waals surface area contributed by atoms with Gasteiger partial charge in [-0.25, -0.2) is 13.0 Å². The van der Waals surface area contributed by atoms with Crippen molar-refractivity contribution in [2.75, 3.05) is 12.3 Å². The first-order valence-corrected chi connectivity index (χ1v) is 9.63. The molecular formula is C17H17N5O3S. The summed E-state index contributed by atoms with van der Waals surface area (Å²) >= 11 is 0. The Kier molecular flexibility index (Phi) is 3.97. The number of sulfonamides is 1. The van der Waals surface area contributed by atoms with Crippen LogP contribution in [-0.4, -0.2) is 46.0 Å². The predicted octanol–water partition coefficient (Wildman–Crippen LogP) is 1.51. The van der Waals surface area contributed by atoms with Crippen LogP contribution in [0.5, 0.6) is 0 Å². The van der Waals surface area contributed by atoms with E-state index in [4.69, 9.17) is 5.73 Å². The number of benzene rings is 2. The van der Waals surface area contributed by atoms with Gasteiger partial charge in [0.05, 0.1) is 4.90 Å². The maximum absolute atomic E-state index is 13.1. The van der Waals surface area contributed by atoms with Crippen molar-refractivity contribution in [1.29, 1.82) is 0 Å². The molecule has 1 aromatic heterocycles. The summed E-state index contributed by atoms with van der Waals surface area (Å²) in [5, 5.41) is 8.97. The standard InChI is InChI=1S/C17H17N5O3S/c18-17-20-19-11-21(17)16(23)15-6-3-9-22(15)26(24,25)14-8-7-12-4-1-2-5-13(12)10-14/h1-2,4-5,7-8,10-11,15H,3,6,9H2,(H2,18,20)/t15-/m1/s1. The first-order valence-electron chi connectivity index (χ1n) is 8.19. The van der Waals surface area contributed by atoms with E-state index in [1.165, 1.54) is 10.6 Å². The van der Waals surface area contributed by atoms with Gasteiger partial charge in [-0.15, -0.1) is 10.2 Å². The monoisotopic (exact) mass is 371 g/mol. The summed E-state index contributed by atoms with van der Waals surface area (Å²) in [6, 6.07) is 11.7. The zero-order valence-corrected chi connectivity index (χ0v) is 14.6. The van der Waals surface area contributed by atoms with Crippen LogP contribution in [0.2, 0.25) is 0 Å². The van der Waals surface area contributed by atoms with E-state index in [0.29, 0.717) is 12.8 Å². The van der Waals surface area contributed by atoms with Gasteiger partial charge in [-0.2, -0.15) is 4.31 Å². The van der Waals surface area contributed by atoms with Gasteiger partial charge in [-0.05, 0) is 35.7 Å². The molecular weight excluding hydrogens is 354 g/mol. The number of nitrogens with two attached hydrogens (primary N) is 1. The summed E-state index contributed by atoms with van der Waals surface area (Å²) in [4.78, 5) is 12.9. The van der Waals surface area contributed by atoms with E-state index in [1.807, 2.05) is 24.3 Å². The molecule has 0 aliphatic carbocycles. The smallest absolute Gasteiger partial charge is 0.253 e. The number of carbonyl (C=O) groups is 1. The van der Waals surface area contributed by atoms with Gasteiger partial charge in [-0.3, -0.25) is 4.79 Å². The predicted molar refractivity (Wildman–Crippen MR) is 95.9 cm³/mol. The molecule has 8 nitrogen and oxygen atoms in total. The lowest BCUT2D eigenvalue weighted by Crippen LogP contribution is -2.42. The Labute approximate surface area is 150 Å². The Balaban J connectivity index is 1.71. The number of nitrogens with zero attached hydrogens (tertiary/aromatic N) is 4. The first-order chi connectivity index (χ1) is 12.5. The number of aromatic nitrogens is 3. The molecule has 0 amide bonds. The number of carbonyl (C=O) groups excluding carboxylic acids is 1. The second-order valence-electron chi connectivity index (χ2n) is 6.18. The summed E-state index contributed by atoms with van der Waals surface area (Å²) in [6.45, 7) is 0.285. The van der Waals surface area contributed by atoms with Crippen LogP contribution in [0.1, 0.15) is 17.6 Å². The van der Waals surface area contributed by atoms with Crippen molar-refractivity contribution >= 4 is 32.7 Å². The fourth-order valence-electron chi connectivity index (χ4n) is 3.31. The van der Waals surface area contributed by atoms with Gasteiger partial charge in [0, 0.05) is 6.54 Å². The number of hydrogen-bond donors (Lipinski definition) is 1. The van der Waals surface area contributed by atoms with Gasteiger partial charge in [-0.1, -0.05) is 30.3 Å². The molecule has 26 heavy (non-hydrogen) atoms. The molecule has 0 saturated carbocycles. The van der Waals surface area contributed by atoms with Crippen LogP contribution >= 0.6 is 0 Å². The average molecular weight is 371 g/mol. The molecule has 0 bridgehead atoms. The molecule has 1 aliphatic rings. The van der Waals surface area contributed by atoms with Gasteiger partial charge in [0.25, 0.3) is 5.91 Å². The fraction of sp³-hybridized carbons (Fsp3) is 0.235. The number of anilines is 1. The van der Waals surface area contributed by atoms with Crippen molar-refractivity contribution in [2.24, 2.45) is 0 Å². The van der Waals surface area contributed by atoms with E-state index in [1.54, 1.807) is 18.2 Å². The minimum atomic E-state index is -3.81. The molecule has 0 unspecified atom stereocenters. The lowest BCUT2D eigenvalue weighted by Gasteiger charge is -2.23. The molecule has 2 N–H and O–H groups in total. The van der Waals surface area contributed by atoms with Crippen molar-refractivity contribution in [3.63, 3.8) is 0 Å². The second kappa shape index (κ2) is 6.19. The van der Waals surface area contributed by atoms with Gasteiger partial charge in [0.1, 0.15) is 12.4 Å². The largest absolute Gasteiger partial charge is 0.368 e. The lowest BCUT2D eigenvalue weighted by atomic mass is 10.1. The van der Waals surface area contributed by atoms with Gasteiger partial charge >= 0.3 is 0 Å². The Morgan fingerprint density at radius 3 is 2.65 bits per heavy atom. The molecule has 2 heterocycles. The van der Waals surface area contributed by atoms with E-state index in [0.717, 1.165) is 15.3 Å². The van der Waals surface area contributed by atoms with Gasteiger partial charge < -0.3 is 5.73 Å². The summed E-state index contributed by atoms with van der Waals surface area (Å²) in [6.07, 6.45) is 2.24. The normalized spacial score (nSPS) is 18.4. The second-order valence-corrected chi connectivity index (χ2v) is 8.07. The molecule has 2 aromatic carbocycles. The number of hydrogen-bond acceptors (Lipinski definition) is 6. The Morgan fingerprint density at radius 1 is 1.15 bits per heavy atom. The van der Waals surface area contributed by atoms with Gasteiger partial charge in [0.2, 0.25) is 16.0 Å². The molecule has 4 rings (SSSR count). The summed E-state index contributed by atoms with van der Waals surface area (Å²) in [7, 11) is -3.81. The molecule has 1 aliphatic heterocycles. The maximum Gasteiger partial charge on any atom is 0.253 e. The van der Waals surface area contributed by atoms with E-state index < -0.39 is 22.0 Å². The molecule has 0 spiro atoms. The van der Waals surface area contributed by atoms with Crippen LogP contribution in [0.25, 0.3) is 10.8 Å².